The van der Waals surface area contributed by atoms with Gasteiger partial charge in [0.05, 0.1) is 13.0 Å². The Bertz CT molecular complexity index is 472. The SMILES string of the molecule is Cc1ccccc1NC(=O)CN(CCC(=O)O)C(C)C. The Kier molecular flexibility index (Phi) is 6.18. The van der Waals surface area contributed by atoms with Crippen LogP contribution in [0.2, 0.25) is 0 Å². The van der Waals surface area contributed by atoms with Crippen LogP contribution in [-0.4, -0.2) is 41.0 Å². The van der Waals surface area contributed by atoms with Crippen molar-refractivity contribution < 1.29 is 14.7 Å². The van der Waals surface area contributed by atoms with Gasteiger partial charge in [0.15, 0.2) is 0 Å². The first-order chi connectivity index (χ1) is 9.40. The number of rotatable bonds is 7. The van der Waals surface area contributed by atoms with Crippen molar-refractivity contribution >= 4 is 17.6 Å². The molecule has 1 amide bonds. The van der Waals surface area contributed by atoms with Crippen molar-refractivity contribution in [3.63, 3.8) is 0 Å². The molecule has 20 heavy (non-hydrogen) atoms. The van der Waals surface area contributed by atoms with Gasteiger partial charge in [-0.25, -0.2) is 0 Å². The molecule has 0 fully saturated rings. The van der Waals surface area contributed by atoms with E-state index >= 15 is 0 Å². The molecule has 0 aliphatic carbocycles. The number of carbonyl (C=O) groups excluding carboxylic acids is 1. The lowest BCUT2D eigenvalue weighted by Gasteiger charge is -2.25. The van der Waals surface area contributed by atoms with E-state index in [1.165, 1.54) is 0 Å². The first kappa shape index (κ1) is 16.2. The summed E-state index contributed by atoms with van der Waals surface area (Å²) in [6.45, 7) is 6.39. The molecule has 0 atom stereocenters. The summed E-state index contributed by atoms with van der Waals surface area (Å²) in [5.74, 6) is -0.978. The molecule has 0 unspecified atom stereocenters. The Labute approximate surface area is 119 Å². The molecule has 1 aromatic rings. The first-order valence-corrected chi connectivity index (χ1v) is 6.71. The Hall–Kier alpha value is -1.88. The van der Waals surface area contributed by atoms with Crippen molar-refractivity contribution in [2.45, 2.75) is 33.2 Å². The lowest BCUT2D eigenvalue weighted by atomic mass is 10.2. The maximum absolute atomic E-state index is 12.0. The van der Waals surface area contributed by atoms with E-state index in [-0.39, 0.29) is 24.9 Å². The number of amides is 1. The van der Waals surface area contributed by atoms with Gasteiger partial charge in [0, 0.05) is 18.3 Å². The highest BCUT2D eigenvalue weighted by Gasteiger charge is 2.15. The summed E-state index contributed by atoms with van der Waals surface area (Å²) in [6, 6.07) is 7.69. The molecule has 2 N–H and O–H groups in total. The van der Waals surface area contributed by atoms with Gasteiger partial charge in [-0.2, -0.15) is 0 Å². The second kappa shape index (κ2) is 7.65. The summed E-state index contributed by atoms with van der Waals surface area (Å²) in [5.41, 5.74) is 1.79. The Morgan fingerprint density at radius 3 is 2.50 bits per heavy atom. The van der Waals surface area contributed by atoms with Crippen molar-refractivity contribution in [1.29, 1.82) is 0 Å². The van der Waals surface area contributed by atoms with Crippen LogP contribution in [0.3, 0.4) is 0 Å². The van der Waals surface area contributed by atoms with E-state index in [1.54, 1.807) is 0 Å². The van der Waals surface area contributed by atoms with E-state index in [2.05, 4.69) is 5.32 Å². The van der Waals surface area contributed by atoms with Gasteiger partial charge in [-0.15, -0.1) is 0 Å². The molecule has 0 aromatic heterocycles. The Morgan fingerprint density at radius 1 is 1.30 bits per heavy atom. The quantitative estimate of drug-likeness (QED) is 0.801. The topological polar surface area (TPSA) is 69.6 Å². The summed E-state index contributed by atoms with van der Waals surface area (Å²) in [4.78, 5) is 24.5. The minimum absolute atomic E-state index is 0.0375. The summed E-state index contributed by atoms with van der Waals surface area (Å²) in [6.07, 6.45) is 0.0375. The number of anilines is 1. The number of aryl methyl sites for hydroxylation is 1. The predicted octanol–water partition coefficient (Wildman–Crippen LogP) is 2.12. The smallest absolute Gasteiger partial charge is 0.304 e. The van der Waals surface area contributed by atoms with E-state index in [0.717, 1.165) is 11.3 Å². The van der Waals surface area contributed by atoms with E-state index in [4.69, 9.17) is 5.11 Å². The third kappa shape index (κ3) is 5.40. The molecule has 0 spiro atoms. The van der Waals surface area contributed by atoms with Gasteiger partial charge in [0.1, 0.15) is 0 Å². The van der Waals surface area contributed by atoms with Crippen LogP contribution in [0.25, 0.3) is 0 Å². The van der Waals surface area contributed by atoms with Crippen LogP contribution < -0.4 is 5.32 Å². The molecule has 0 aliphatic heterocycles. The maximum atomic E-state index is 12.0. The zero-order chi connectivity index (χ0) is 15.1. The number of hydrogen-bond acceptors (Lipinski definition) is 3. The highest BCUT2D eigenvalue weighted by molar-refractivity contribution is 5.92. The first-order valence-electron chi connectivity index (χ1n) is 6.71. The lowest BCUT2D eigenvalue weighted by molar-refractivity contribution is -0.137. The van der Waals surface area contributed by atoms with Crippen LogP contribution in [0.5, 0.6) is 0 Å². The van der Waals surface area contributed by atoms with Crippen molar-refractivity contribution in [3.05, 3.63) is 29.8 Å². The highest BCUT2D eigenvalue weighted by Crippen LogP contribution is 2.13. The van der Waals surface area contributed by atoms with Crippen LogP contribution in [-0.2, 0) is 9.59 Å². The number of carboxylic acid groups (broad SMARTS) is 1. The van der Waals surface area contributed by atoms with Crippen molar-refractivity contribution in [2.24, 2.45) is 0 Å². The van der Waals surface area contributed by atoms with Gasteiger partial charge in [0.25, 0.3) is 0 Å². The fraction of sp³-hybridized carbons (Fsp3) is 0.467. The molecule has 0 aliphatic rings. The van der Waals surface area contributed by atoms with E-state index in [0.29, 0.717) is 6.54 Å². The molecule has 110 valence electrons. The highest BCUT2D eigenvalue weighted by atomic mass is 16.4. The van der Waals surface area contributed by atoms with Crippen LogP contribution in [0.1, 0.15) is 25.8 Å². The van der Waals surface area contributed by atoms with Crippen LogP contribution in [0, 0.1) is 6.92 Å². The molecular formula is C15H22N2O3. The Morgan fingerprint density at radius 2 is 1.95 bits per heavy atom. The molecule has 0 radical (unpaired) electrons. The minimum Gasteiger partial charge on any atom is -0.481 e. The molecule has 1 aromatic carbocycles. The van der Waals surface area contributed by atoms with Crippen LogP contribution in [0.15, 0.2) is 24.3 Å². The largest absolute Gasteiger partial charge is 0.481 e. The van der Waals surface area contributed by atoms with Gasteiger partial charge in [-0.1, -0.05) is 18.2 Å². The van der Waals surface area contributed by atoms with Crippen LogP contribution >= 0.6 is 0 Å². The van der Waals surface area contributed by atoms with Crippen molar-refractivity contribution in [2.75, 3.05) is 18.4 Å². The fourth-order valence-electron chi connectivity index (χ4n) is 1.85. The van der Waals surface area contributed by atoms with Gasteiger partial charge in [-0.3, -0.25) is 14.5 Å². The number of nitrogens with zero attached hydrogens (tertiary/aromatic N) is 1. The molecule has 0 heterocycles. The maximum Gasteiger partial charge on any atom is 0.304 e. The number of hydrogen-bond donors (Lipinski definition) is 2. The second-order valence-corrected chi connectivity index (χ2v) is 5.07. The van der Waals surface area contributed by atoms with E-state index < -0.39 is 5.97 Å². The zero-order valence-corrected chi connectivity index (χ0v) is 12.2. The normalized spacial score (nSPS) is 10.8. The average molecular weight is 278 g/mol. The fourth-order valence-corrected chi connectivity index (χ4v) is 1.85. The van der Waals surface area contributed by atoms with Gasteiger partial charge in [-0.05, 0) is 32.4 Å². The molecule has 5 heteroatoms. The Balaban J connectivity index is 2.58. The number of aliphatic carboxylic acids is 1. The molecule has 0 saturated carbocycles. The summed E-state index contributed by atoms with van der Waals surface area (Å²) < 4.78 is 0. The third-order valence-corrected chi connectivity index (χ3v) is 3.11. The summed E-state index contributed by atoms with van der Waals surface area (Å²) >= 11 is 0. The van der Waals surface area contributed by atoms with Crippen molar-refractivity contribution in [3.8, 4) is 0 Å². The zero-order valence-electron chi connectivity index (χ0n) is 12.2. The molecule has 1 rings (SSSR count). The monoisotopic (exact) mass is 278 g/mol. The summed E-state index contributed by atoms with van der Waals surface area (Å²) in [7, 11) is 0. The van der Waals surface area contributed by atoms with E-state index in [9.17, 15) is 9.59 Å². The number of para-hydroxylation sites is 1. The average Bonchev–Trinajstić information content (AvgIpc) is 2.36. The standard InChI is InChI=1S/C15H22N2O3/c1-11(2)17(9-8-15(19)20)10-14(18)16-13-7-5-4-6-12(13)3/h4-7,11H,8-10H2,1-3H3,(H,16,18)(H,19,20). The van der Waals surface area contributed by atoms with E-state index in [1.807, 2.05) is 49.9 Å². The molecule has 5 nitrogen and oxygen atoms in total. The summed E-state index contributed by atoms with van der Waals surface area (Å²) in [5, 5.41) is 11.6. The number of benzene rings is 1. The van der Waals surface area contributed by atoms with Gasteiger partial charge in [0.2, 0.25) is 5.91 Å². The third-order valence-electron chi connectivity index (χ3n) is 3.11. The lowest BCUT2D eigenvalue weighted by Crippen LogP contribution is -2.39. The molecule has 0 saturated heterocycles. The second-order valence-electron chi connectivity index (χ2n) is 5.07. The van der Waals surface area contributed by atoms with Gasteiger partial charge < -0.3 is 10.4 Å². The van der Waals surface area contributed by atoms with Gasteiger partial charge >= 0.3 is 5.97 Å². The molecular weight excluding hydrogens is 256 g/mol. The number of carboxylic acids is 1. The van der Waals surface area contributed by atoms with Crippen LogP contribution in [0.4, 0.5) is 5.69 Å². The minimum atomic E-state index is -0.852. The molecule has 0 bridgehead atoms. The number of carbonyl (C=O) groups is 2. The predicted molar refractivity (Wildman–Crippen MR) is 78.8 cm³/mol. The van der Waals surface area contributed by atoms with Crippen molar-refractivity contribution in [1.82, 2.24) is 4.90 Å². The number of nitrogens with one attached hydrogen (secondary N) is 1.